The van der Waals surface area contributed by atoms with E-state index in [4.69, 9.17) is 39.8 Å². The monoisotopic (exact) mass is 366 g/mol. The van der Waals surface area contributed by atoms with Gasteiger partial charge in [0.2, 0.25) is 4.77 Å². The zero-order chi connectivity index (χ0) is 16.4. The number of aromatic nitrogens is 3. The summed E-state index contributed by atoms with van der Waals surface area (Å²) in [6.07, 6.45) is 2.29. The Labute approximate surface area is 147 Å². The Balaban J connectivity index is 1.91. The number of nitrogens with one attached hydrogen (secondary N) is 1. The second kappa shape index (κ2) is 6.70. The van der Waals surface area contributed by atoms with E-state index < -0.39 is 0 Å². The molecule has 0 radical (unpaired) electrons. The maximum atomic E-state index is 6.20. The number of hydrogen-bond acceptors (Lipinski definition) is 4. The van der Waals surface area contributed by atoms with E-state index in [1.54, 1.807) is 23.0 Å². The van der Waals surface area contributed by atoms with Crippen LogP contribution in [0.4, 0.5) is 0 Å². The van der Waals surface area contributed by atoms with E-state index in [2.05, 4.69) is 15.3 Å². The van der Waals surface area contributed by atoms with Crippen LogP contribution in [0.25, 0.3) is 11.3 Å². The van der Waals surface area contributed by atoms with Gasteiger partial charge in [-0.05, 0) is 36.5 Å². The molecule has 0 bridgehead atoms. The summed E-state index contributed by atoms with van der Waals surface area (Å²) in [5, 5.41) is 12.0. The van der Waals surface area contributed by atoms with Crippen molar-refractivity contribution in [2.45, 2.75) is 13.3 Å². The SMILES string of the molecule is CCc1n[nH]c(=S)n1/N=C\c1ccc(-c2cccc(Cl)c2Cl)o1. The van der Waals surface area contributed by atoms with Gasteiger partial charge in [-0.3, -0.25) is 5.10 Å². The third kappa shape index (κ3) is 3.24. The standard InChI is InChI=1S/C15H12Cl2N4OS/c1-2-13-19-20-15(23)21(13)18-8-9-6-7-12(22-9)10-4-3-5-11(16)14(10)17/h3-8H,2H2,1H3,(H,20,23)/b18-8-. The largest absolute Gasteiger partial charge is 0.455 e. The van der Waals surface area contributed by atoms with Crippen molar-refractivity contribution in [1.82, 2.24) is 14.9 Å². The highest BCUT2D eigenvalue weighted by molar-refractivity contribution is 7.71. The second-order valence-electron chi connectivity index (χ2n) is 4.66. The fourth-order valence-corrected chi connectivity index (χ4v) is 2.64. The molecule has 23 heavy (non-hydrogen) atoms. The number of rotatable bonds is 4. The maximum absolute atomic E-state index is 6.20. The third-order valence-electron chi connectivity index (χ3n) is 3.18. The molecule has 0 aliphatic rings. The number of H-pyrrole nitrogens is 1. The Bertz CT molecular complexity index is 926. The molecule has 0 fully saturated rings. The maximum Gasteiger partial charge on any atom is 0.216 e. The lowest BCUT2D eigenvalue weighted by atomic mass is 10.2. The van der Waals surface area contributed by atoms with E-state index in [0.29, 0.717) is 32.8 Å². The van der Waals surface area contributed by atoms with Gasteiger partial charge in [0.1, 0.15) is 11.5 Å². The number of aryl methyl sites for hydroxylation is 1. The van der Waals surface area contributed by atoms with Crippen LogP contribution in [0.1, 0.15) is 18.5 Å². The number of furan rings is 1. The first-order valence-electron chi connectivity index (χ1n) is 6.85. The minimum absolute atomic E-state index is 0.433. The fourth-order valence-electron chi connectivity index (χ4n) is 2.05. The number of hydrogen-bond donors (Lipinski definition) is 1. The first-order chi connectivity index (χ1) is 11.1. The summed E-state index contributed by atoms with van der Waals surface area (Å²) in [5.41, 5.74) is 0.730. The first-order valence-corrected chi connectivity index (χ1v) is 8.01. The van der Waals surface area contributed by atoms with Gasteiger partial charge in [-0.25, -0.2) is 0 Å². The van der Waals surface area contributed by atoms with E-state index in [1.807, 2.05) is 25.1 Å². The van der Waals surface area contributed by atoms with E-state index in [0.717, 1.165) is 11.4 Å². The van der Waals surface area contributed by atoms with Crippen LogP contribution < -0.4 is 0 Å². The summed E-state index contributed by atoms with van der Waals surface area (Å²) < 4.78 is 7.74. The summed E-state index contributed by atoms with van der Waals surface area (Å²) in [6, 6.07) is 9.00. The van der Waals surface area contributed by atoms with Crippen LogP contribution in [0, 0.1) is 4.77 Å². The third-order valence-corrected chi connectivity index (χ3v) is 4.26. The molecule has 0 atom stereocenters. The molecule has 2 aromatic heterocycles. The Kier molecular flexibility index (Phi) is 4.66. The molecule has 1 N–H and O–H groups in total. The highest BCUT2D eigenvalue weighted by Crippen LogP contribution is 2.34. The zero-order valence-electron chi connectivity index (χ0n) is 12.1. The summed E-state index contributed by atoms with van der Waals surface area (Å²) in [7, 11) is 0. The van der Waals surface area contributed by atoms with Crippen LogP contribution in [0.15, 0.2) is 39.9 Å². The molecule has 118 valence electrons. The topological polar surface area (TPSA) is 59.1 Å². The summed E-state index contributed by atoms with van der Waals surface area (Å²) in [4.78, 5) is 0. The fraction of sp³-hybridized carbons (Fsp3) is 0.133. The number of aromatic amines is 1. The lowest BCUT2D eigenvalue weighted by molar-refractivity contribution is 0.574. The quantitative estimate of drug-likeness (QED) is 0.524. The molecular formula is C15H12Cl2N4OS. The van der Waals surface area contributed by atoms with Gasteiger partial charge >= 0.3 is 0 Å². The molecule has 5 nitrogen and oxygen atoms in total. The summed E-state index contributed by atoms with van der Waals surface area (Å²) in [5.74, 6) is 1.93. The molecular weight excluding hydrogens is 355 g/mol. The zero-order valence-corrected chi connectivity index (χ0v) is 14.4. The van der Waals surface area contributed by atoms with Crippen molar-refractivity contribution in [3.05, 3.63) is 56.7 Å². The van der Waals surface area contributed by atoms with Gasteiger partial charge in [0, 0.05) is 12.0 Å². The molecule has 1 aromatic carbocycles. The van der Waals surface area contributed by atoms with Crippen molar-refractivity contribution in [1.29, 1.82) is 0 Å². The van der Waals surface area contributed by atoms with Crippen LogP contribution in [0.5, 0.6) is 0 Å². The van der Waals surface area contributed by atoms with Gasteiger partial charge in [-0.1, -0.05) is 36.2 Å². The average Bonchev–Trinajstić information content (AvgIpc) is 3.14. The molecule has 8 heteroatoms. The van der Waals surface area contributed by atoms with Gasteiger partial charge in [-0.15, -0.1) is 0 Å². The average molecular weight is 367 g/mol. The van der Waals surface area contributed by atoms with Gasteiger partial charge in [0.05, 0.1) is 16.3 Å². The Morgan fingerprint density at radius 2 is 2.17 bits per heavy atom. The smallest absolute Gasteiger partial charge is 0.216 e. The van der Waals surface area contributed by atoms with Gasteiger partial charge < -0.3 is 4.42 Å². The molecule has 0 amide bonds. The number of halogens is 2. The van der Waals surface area contributed by atoms with Gasteiger partial charge in [0.15, 0.2) is 5.82 Å². The highest BCUT2D eigenvalue weighted by atomic mass is 35.5. The lowest BCUT2D eigenvalue weighted by Gasteiger charge is -2.01. The molecule has 0 aliphatic heterocycles. The van der Waals surface area contributed by atoms with E-state index in [9.17, 15) is 0 Å². The predicted octanol–water partition coefficient (Wildman–Crippen LogP) is 4.95. The number of nitrogens with zero attached hydrogens (tertiary/aromatic N) is 3. The summed E-state index contributed by atoms with van der Waals surface area (Å²) in [6.45, 7) is 1.98. The Morgan fingerprint density at radius 3 is 2.96 bits per heavy atom. The summed E-state index contributed by atoms with van der Waals surface area (Å²) >= 11 is 17.4. The molecule has 0 unspecified atom stereocenters. The molecule has 0 saturated carbocycles. The van der Waals surface area contributed by atoms with Crippen LogP contribution >= 0.6 is 35.4 Å². The minimum atomic E-state index is 0.433. The van der Waals surface area contributed by atoms with Crippen molar-refractivity contribution < 1.29 is 4.42 Å². The predicted molar refractivity (Wildman–Crippen MR) is 93.9 cm³/mol. The van der Waals surface area contributed by atoms with Crippen LogP contribution in [0.3, 0.4) is 0 Å². The van der Waals surface area contributed by atoms with Crippen molar-refractivity contribution in [2.24, 2.45) is 5.10 Å². The molecule has 0 spiro atoms. The van der Waals surface area contributed by atoms with E-state index in [-0.39, 0.29) is 0 Å². The van der Waals surface area contributed by atoms with Gasteiger partial charge in [0.25, 0.3) is 0 Å². The van der Waals surface area contributed by atoms with Crippen molar-refractivity contribution in [3.63, 3.8) is 0 Å². The Morgan fingerprint density at radius 1 is 1.35 bits per heavy atom. The highest BCUT2D eigenvalue weighted by Gasteiger charge is 2.10. The second-order valence-corrected chi connectivity index (χ2v) is 5.83. The van der Waals surface area contributed by atoms with Crippen LogP contribution in [-0.2, 0) is 6.42 Å². The van der Waals surface area contributed by atoms with Crippen LogP contribution in [0.2, 0.25) is 10.0 Å². The molecule has 2 heterocycles. The molecule has 3 rings (SSSR count). The molecule has 3 aromatic rings. The van der Waals surface area contributed by atoms with Crippen molar-refractivity contribution in [3.8, 4) is 11.3 Å². The lowest BCUT2D eigenvalue weighted by Crippen LogP contribution is -1.96. The van der Waals surface area contributed by atoms with Crippen molar-refractivity contribution in [2.75, 3.05) is 0 Å². The molecule has 0 saturated heterocycles. The van der Waals surface area contributed by atoms with Gasteiger partial charge in [-0.2, -0.15) is 14.9 Å². The van der Waals surface area contributed by atoms with Crippen LogP contribution in [-0.4, -0.2) is 21.1 Å². The molecule has 0 aliphatic carbocycles. The van der Waals surface area contributed by atoms with E-state index in [1.165, 1.54) is 0 Å². The number of benzene rings is 1. The first kappa shape index (κ1) is 16.0. The van der Waals surface area contributed by atoms with E-state index >= 15 is 0 Å². The minimum Gasteiger partial charge on any atom is -0.455 e. The Hall–Kier alpha value is -1.89. The normalized spacial score (nSPS) is 11.4. The van der Waals surface area contributed by atoms with Crippen molar-refractivity contribution >= 4 is 41.6 Å².